The molecule has 5 rings (SSSR count). The molecule has 10 heteroatoms. The number of primary amides is 1. The molecule has 2 amide bonds. The number of ether oxygens (including phenoxy) is 1. The van der Waals surface area contributed by atoms with Crippen LogP contribution in [0.15, 0.2) is 67.5 Å². The first-order valence-corrected chi connectivity index (χ1v) is 13.1. The van der Waals surface area contributed by atoms with Crippen molar-refractivity contribution in [1.82, 2.24) is 15.0 Å². The zero-order chi connectivity index (χ0) is 28.6. The van der Waals surface area contributed by atoms with Gasteiger partial charge >= 0.3 is 6.01 Å². The van der Waals surface area contributed by atoms with Crippen LogP contribution in [-0.2, 0) is 4.79 Å². The van der Waals surface area contributed by atoms with E-state index in [9.17, 15) is 9.59 Å². The number of nitrogens with two attached hydrogens (primary N) is 2. The maximum absolute atomic E-state index is 12.3. The molecule has 0 atom stereocenters. The molecule has 0 fully saturated rings. The third-order valence-electron chi connectivity index (χ3n) is 6.48. The van der Waals surface area contributed by atoms with Gasteiger partial charge in [-0.2, -0.15) is 0 Å². The highest BCUT2D eigenvalue weighted by atomic mass is 32.1. The van der Waals surface area contributed by atoms with E-state index in [1.165, 1.54) is 23.6 Å². The molecule has 0 radical (unpaired) electrons. The van der Waals surface area contributed by atoms with Crippen molar-refractivity contribution in [3.05, 3.63) is 89.9 Å². The highest BCUT2D eigenvalue weighted by Crippen LogP contribution is 2.49. The monoisotopic (exact) mass is 550 g/mol. The number of amides is 2. The Hall–Kier alpha value is -5.09. The fraction of sp³-hybridized carbons (Fsp3) is 0.100. The number of fused-ring (bicyclic) bond motifs is 1. The Labute approximate surface area is 234 Å². The molecule has 9 nitrogen and oxygen atoms in total. The summed E-state index contributed by atoms with van der Waals surface area (Å²) in [5.41, 5.74) is 18.1. The molecule has 0 aliphatic carbocycles. The molecule has 40 heavy (non-hydrogen) atoms. The van der Waals surface area contributed by atoms with Crippen molar-refractivity contribution in [2.75, 3.05) is 11.1 Å². The molecule has 0 unspecified atom stereocenters. The lowest BCUT2D eigenvalue weighted by atomic mass is 9.94. The van der Waals surface area contributed by atoms with Crippen molar-refractivity contribution < 1.29 is 14.3 Å². The minimum atomic E-state index is -0.599. The van der Waals surface area contributed by atoms with E-state index in [-0.39, 0.29) is 23.3 Å². The topological polar surface area (TPSA) is 146 Å². The fourth-order valence-electron chi connectivity index (χ4n) is 4.49. The number of carbonyl (C=O) groups is 2. The number of hydrogen-bond donors (Lipinski definition) is 3. The minimum Gasteiger partial charge on any atom is -0.424 e. The van der Waals surface area contributed by atoms with Crippen LogP contribution in [-0.4, -0.2) is 26.8 Å². The summed E-state index contributed by atoms with van der Waals surface area (Å²) in [6.07, 6.45) is 4.27. The standard InChI is InChI=1S/C30H26N6O3S/c1-5-22(37)36-25-15(2)6-11-20(17(25)4)26-23(24-27(40-26)21(29(32)38)14-34-28(24)31)18-7-9-19(10-8-18)39-30-33-13-12-16(3)35-30/h5-14H,1H2,2-4H3,(H2,31,34)(H2,32,38)(H,36,37). The second kappa shape index (κ2) is 10.6. The molecular weight excluding hydrogens is 524 g/mol. The lowest BCUT2D eigenvalue weighted by Crippen LogP contribution is -2.11. The van der Waals surface area contributed by atoms with Gasteiger partial charge in [-0.15, -0.1) is 11.3 Å². The number of thiophene rings is 1. The molecule has 5 N–H and O–H groups in total. The van der Waals surface area contributed by atoms with Crippen molar-refractivity contribution in [2.45, 2.75) is 20.8 Å². The third kappa shape index (κ3) is 4.87. The Bertz CT molecular complexity index is 1810. The first-order chi connectivity index (χ1) is 19.2. The number of nitrogens with one attached hydrogen (secondary N) is 1. The zero-order valence-electron chi connectivity index (χ0n) is 22.1. The summed E-state index contributed by atoms with van der Waals surface area (Å²) >= 11 is 1.40. The summed E-state index contributed by atoms with van der Waals surface area (Å²) in [6, 6.07) is 13.4. The summed E-state index contributed by atoms with van der Waals surface area (Å²) in [6.45, 7) is 9.28. The predicted molar refractivity (Wildman–Crippen MR) is 159 cm³/mol. The van der Waals surface area contributed by atoms with Crippen molar-refractivity contribution >= 4 is 44.7 Å². The fourth-order valence-corrected chi connectivity index (χ4v) is 5.92. The van der Waals surface area contributed by atoms with Gasteiger partial charge in [0.05, 0.1) is 10.3 Å². The van der Waals surface area contributed by atoms with Crippen molar-refractivity contribution in [1.29, 1.82) is 0 Å². The number of aryl methyl sites for hydroxylation is 2. The highest BCUT2D eigenvalue weighted by Gasteiger charge is 2.24. The molecule has 2 aromatic carbocycles. The van der Waals surface area contributed by atoms with Crippen molar-refractivity contribution in [3.8, 4) is 33.3 Å². The van der Waals surface area contributed by atoms with Crippen LogP contribution in [0, 0.1) is 20.8 Å². The summed E-state index contributed by atoms with van der Waals surface area (Å²) < 4.78 is 6.47. The van der Waals surface area contributed by atoms with E-state index in [0.717, 1.165) is 38.4 Å². The van der Waals surface area contributed by atoms with Gasteiger partial charge < -0.3 is 21.5 Å². The van der Waals surface area contributed by atoms with Gasteiger partial charge in [0.25, 0.3) is 5.91 Å². The van der Waals surface area contributed by atoms with E-state index in [4.69, 9.17) is 16.2 Å². The van der Waals surface area contributed by atoms with Crippen LogP contribution in [0.25, 0.3) is 31.7 Å². The summed E-state index contributed by atoms with van der Waals surface area (Å²) in [5, 5.41) is 3.54. The maximum atomic E-state index is 12.3. The Morgan fingerprint density at radius 3 is 2.48 bits per heavy atom. The van der Waals surface area contributed by atoms with Crippen LogP contribution < -0.4 is 21.5 Å². The first-order valence-electron chi connectivity index (χ1n) is 12.3. The SMILES string of the molecule is C=CC(=O)Nc1c(C)ccc(-c2sc3c(C(N)=O)cnc(N)c3c2-c2ccc(Oc3nccc(C)n3)cc2)c1C. The summed E-state index contributed by atoms with van der Waals surface area (Å²) in [5.74, 6) is -0.0768. The molecule has 0 aliphatic heterocycles. The van der Waals surface area contributed by atoms with E-state index in [1.54, 1.807) is 12.3 Å². The van der Waals surface area contributed by atoms with E-state index in [1.807, 2.05) is 57.2 Å². The molecule has 0 saturated heterocycles. The Balaban J connectivity index is 1.72. The van der Waals surface area contributed by atoms with Crippen LogP contribution in [0.1, 0.15) is 27.2 Å². The molecule has 0 bridgehead atoms. The lowest BCUT2D eigenvalue weighted by Gasteiger charge is -2.15. The first kappa shape index (κ1) is 26.5. The molecule has 5 aromatic rings. The number of nitrogen functional groups attached to an aromatic ring is 1. The Morgan fingerprint density at radius 2 is 1.80 bits per heavy atom. The average molecular weight is 551 g/mol. The maximum Gasteiger partial charge on any atom is 0.322 e. The Kier molecular flexibility index (Phi) is 7.02. The van der Waals surface area contributed by atoms with Gasteiger partial charge in [-0.05, 0) is 67.3 Å². The number of nitrogens with zero attached hydrogens (tertiary/aromatic N) is 3. The summed E-state index contributed by atoms with van der Waals surface area (Å²) in [7, 11) is 0. The molecule has 0 saturated carbocycles. The smallest absolute Gasteiger partial charge is 0.322 e. The number of aromatic nitrogens is 3. The second-order valence-electron chi connectivity index (χ2n) is 9.16. The molecule has 0 spiro atoms. The van der Waals surface area contributed by atoms with E-state index in [0.29, 0.717) is 21.5 Å². The van der Waals surface area contributed by atoms with Crippen LogP contribution in [0.5, 0.6) is 11.8 Å². The number of carbonyl (C=O) groups excluding carboxylic acids is 2. The number of benzene rings is 2. The number of rotatable bonds is 7. The minimum absolute atomic E-state index is 0.248. The normalized spacial score (nSPS) is 10.9. The number of hydrogen-bond acceptors (Lipinski definition) is 8. The van der Waals surface area contributed by atoms with Crippen molar-refractivity contribution in [3.63, 3.8) is 0 Å². The van der Waals surface area contributed by atoms with Crippen LogP contribution >= 0.6 is 11.3 Å². The van der Waals surface area contributed by atoms with Crippen LogP contribution in [0.3, 0.4) is 0 Å². The highest BCUT2D eigenvalue weighted by molar-refractivity contribution is 7.23. The largest absolute Gasteiger partial charge is 0.424 e. The van der Waals surface area contributed by atoms with E-state index < -0.39 is 5.91 Å². The van der Waals surface area contributed by atoms with Crippen molar-refractivity contribution in [2.24, 2.45) is 5.73 Å². The van der Waals surface area contributed by atoms with Crippen LogP contribution in [0.2, 0.25) is 0 Å². The summed E-state index contributed by atoms with van der Waals surface area (Å²) in [4.78, 5) is 38.1. The van der Waals surface area contributed by atoms with Gasteiger partial charge in [0.1, 0.15) is 11.6 Å². The molecule has 3 heterocycles. The van der Waals surface area contributed by atoms with Gasteiger partial charge in [-0.25, -0.2) is 15.0 Å². The number of pyridine rings is 1. The van der Waals surface area contributed by atoms with Gasteiger partial charge in [-0.3, -0.25) is 9.59 Å². The molecular formula is C30H26N6O3S. The van der Waals surface area contributed by atoms with Gasteiger partial charge in [0.15, 0.2) is 0 Å². The molecule has 200 valence electrons. The second-order valence-corrected chi connectivity index (χ2v) is 10.2. The quantitative estimate of drug-likeness (QED) is 0.212. The van der Waals surface area contributed by atoms with Crippen LogP contribution in [0.4, 0.5) is 11.5 Å². The van der Waals surface area contributed by atoms with Gasteiger partial charge in [0.2, 0.25) is 5.91 Å². The zero-order valence-corrected chi connectivity index (χ0v) is 22.9. The van der Waals surface area contributed by atoms with E-state index in [2.05, 4.69) is 26.8 Å². The Morgan fingerprint density at radius 1 is 1.05 bits per heavy atom. The van der Waals surface area contributed by atoms with Gasteiger partial charge in [-0.1, -0.05) is 30.8 Å². The number of anilines is 2. The predicted octanol–water partition coefficient (Wildman–Crippen LogP) is 5.94. The lowest BCUT2D eigenvalue weighted by molar-refractivity contribution is -0.111. The molecule has 0 aliphatic rings. The van der Waals surface area contributed by atoms with E-state index >= 15 is 0 Å². The van der Waals surface area contributed by atoms with Gasteiger partial charge in [0, 0.05) is 39.6 Å². The molecule has 3 aromatic heterocycles. The third-order valence-corrected chi connectivity index (χ3v) is 7.74. The average Bonchev–Trinajstić information content (AvgIpc) is 3.32.